The zero-order chi connectivity index (χ0) is 15.2. The number of carbonyl (C=O) groups excluding carboxylic acids is 1. The van der Waals surface area contributed by atoms with E-state index in [2.05, 4.69) is 21.4 Å². The van der Waals surface area contributed by atoms with Crippen LogP contribution in [0.25, 0.3) is 0 Å². The number of H-pyrrole nitrogens is 1. The van der Waals surface area contributed by atoms with E-state index in [1.807, 2.05) is 28.7 Å². The second-order valence-corrected chi connectivity index (χ2v) is 7.45. The number of aromatic amines is 1. The summed E-state index contributed by atoms with van der Waals surface area (Å²) in [5.74, 6) is 0.980. The van der Waals surface area contributed by atoms with Crippen LogP contribution in [0.15, 0.2) is 34.2 Å². The molecule has 0 saturated carbocycles. The molecule has 1 saturated heterocycles. The van der Waals surface area contributed by atoms with Crippen molar-refractivity contribution in [3.8, 4) is 0 Å². The van der Waals surface area contributed by atoms with Gasteiger partial charge in [0.1, 0.15) is 4.34 Å². The van der Waals surface area contributed by atoms with Crippen LogP contribution in [0.4, 0.5) is 4.79 Å². The molecule has 118 valence electrons. The van der Waals surface area contributed by atoms with Gasteiger partial charge in [0, 0.05) is 42.3 Å². The first-order chi connectivity index (χ1) is 10.8. The smallest absolute Gasteiger partial charge is 0.317 e. The van der Waals surface area contributed by atoms with Crippen LogP contribution >= 0.6 is 23.1 Å². The van der Waals surface area contributed by atoms with Crippen LogP contribution in [-0.2, 0) is 0 Å². The third-order valence-corrected chi connectivity index (χ3v) is 5.78. The number of nitrogens with zero attached hydrogens (tertiary/aromatic N) is 2. The summed E-state index contributed by atoms with van der Waals surface area (Å²) in [6.45, 7) is 1.55. The van der Waals surface area contributed by atoms with Gasteiger partial charge in [0.05, 0.1) is 6.04 Å². The molecule has 2 N–H and O–H groups in total. The molecule has 1 fully saturated rings. The molecule has 1 atom stereocenters. The second kappa shape index (κ2) is 7.69. The van der Waals surface area contributed by atoms with E-state index >= 15 is 0 Å². The standard InChI is InChI=1S/C15H20N4OS2/c20-14(17-7-3-10-21-15-18-8-11-22-15)19-9-2-5-13(19)12-4-1-6-16-12/h1,4,6,8,11,13,16H,2-3,5,7,9-10H2,(H,17,20). The number of thioether (sulfide) groups is 1. The van der Waals surface area contributed by atoms with E-state index in [-0.39, 0.29) is 12.1 Å². The first-order valence-corrected chi connectivity index (χ1v) is 9.41. The summed E-state index contributed by atoms with van der Waals surface area (Å²) in [5.41, 5.74) is 1.13. The number of aromatic nitrogens is 2. The summed E-state index contributed by atoms with van der Waals surface area (Å²) >= 11 is 3.41. The molecule has 5 nitrogen and oxygen atoms in total. The molecule has 0 spiro atoms. The molecule has 1 unspecified atom stereocenters. The summed E-state index contributed by atoms with van der Waals surface area (Å²) in [6.07, 6.45) is 6.80. The minimum atomic E-state index is 0.0522. The van der Waals surface area contributed by atoms with Crippen molar-refractivity contribution in [3.63, 3.8) is 0 Å². The van der Waals surface area contributed by atoms with Gasteiger partial charge in [-0.05, 0) is 31.4 Å². The van der Waals surface area contributed by atoms with E-state index in [1.54, 1.807) is 23.1 Å². The fourth-order valence-electron chi connectivity index (χ4n) is 2.69. The number of urea groups is 1. The summed E-state index contributed by atoms with van der Waals surface area (Å²) < 4.78 is 1.10. The zero-order valence-corrected chi connectivity index (χ0v) is 14.0. The van der Waals surface area contributed by atoms with Crippen molar-refractivity contribution < 1.29 is 4.79 Å². The monoisotopic (exact) mass is 336 g/mol. The second-order valence-electron chi connectivity index (χ2n) is 5.21. The highest BCUT2D eigenvalue weighted by molar-refractivity contribution is 8.00. The van der Waals surface area contributed by atoms with Crippen LogP contribution in [0.5, 0.6) is 0 Å². The number of carbonyl (C=O) groups is 1. The number of hydrogen-bond acceptors (Lipinski definition) is 4. The van der Waals surface area contributed by atoms with Crippen LogP contribution in [0.2, 0.25) is 0 Å². The third-order valence-electron chi connectivity index (χ3n) is 3.73. The van der Waals surface area contributed by atoms with Crippen molar-refractivity contribution in [2.24, 2.45) is 0 Å². The van der Waals surface area contributed by atoms with Gasteiger partial charge in [-0.15, -0.1) is 11.3 Å². The number of rotatable bonds is 6. The maximum absolute atomic E-state index is 12.3. The van der Waals surface area contributed by atoms with E-state index in [0.29, 0.717) is 6.54 Å². The van der Waals surface area contributed by atoms with Gasteiger partial charge in [-0.3, -0.25) is 0 Å². The summed E-state index contributed by atoms with van der Waals surface area (Å²) in [4.78, 5) is 21.7. The van der Waals surface area contributed by atoms with Crippen molar-refractivity contribution in [2.45, 2.75) is 29.6 Å². The average molecular weight is 336 g/mol. The van der Waals surface area contributed by atoms with E-state index in [4.69, 9.17) is 0 Å². The van der Waals surface area contributed by atoms with Gasteiger partial charge in [-0.25, -0.2) is 9.78 Å². The minimum Gasteiger partial charge on any atom is -0.363 e. The lowest BCUT2D eigenvalue weighted by Gasteiger charge is -2.24. The predicted octanol–water partition coefficient (Wildman–Crippen LogP) is 3.50. The predicted molar refractivity (Wildman–Crippen MR) is 90.3 cm³/mol. The fraction of sp³-hybridized carbons (Fsp3) is 0.467. The molecule has 7 heteroatoms. The van der Waals surface area contributed by atoms with Gasteiger partial charge in [0.25, 0.3) is 0 Å². The quantitative estimate of drug-likeness (QED) is 0.627. The lowest BCUT2D eigenvalue weighted by Crippen LogP contribution is -2.40. The first-order valence-electron chi connectivity index (χ1n) is 7.54. The highest BCUT2D eigenvalue weighted by Gasteiger charge is 2.30. The van der Waals surface area contributed by atoms with E-state index in [0.717, 1.165) is 41.6 Å². The lowest BCUT2D eigenvalue weighted by atomic mass is 10.1. The molecular weight excluding hydrogens is 316 g/mol. The normalized spacial score (nSPS) is 17.8. The van der Waals surface area contributed by atoms with Gasteiger partial charge in [-0.1, -0.05) is 11.8 Å². The molecule has 1 aliphatic rings. The summed E-state index contributed by atoms with van der Waals surface area (Å²) in [6, 6.07) is 4.29. The van der Waals surface area contributed by atoms with Crippen molar-refractivity contribution in [1.29, 1.82) is 0 Å². The summed E-state index contributed by atoms with van der Waals surface area (Å²) in [7, 11) is 0. The van der Waals surface area contributed by atoms with Gasteiger partial charge in [-0.2, -0.15) is 0 Å². The van der Waals surface area contributed by atoms with Gasteiger partial charge in [0.15, 0.2) is 0 Å². The fourth-order valence-corrected chi connectivity index (χ4v) is 4.34. The number of amides is 2. The molecule has 3 rings (SSSR count). The third kappa shape index (κ3) is 3.84. The first kappa shape index (κ1) is 15.4. The topological polar surface area (TPSA) is 61.0 Å². The molecule has 0 radical (unpaired) electrons. The number of thiazole rings is 1. The molecule has 2 aromatic rings. The Kier molecular flexibility index (Phi) is 5.39. The van der Waals surface area contributed by atoms with Crippen LogP contribution < -0.4 is 5.32 Å². The minimum absolute atomic E-state index is 0.0522. The van der Waals surface area contributed by atoms with Crippen LogP contribution in [-0.4, -0.2) is 39.7 Å². The van der Waals surface area contributed by atoms with Crippen molar-refractivity contribution >= 4 is 29.1 Å². The Morgan fingerprint density at radius 1 is 1.59 bits per heavy atom. The van der Waals surface area contributed by atoms with E-state index < -0.39 is 0 Å². The SMILES string of the molecule is O=C(NCCCSc1nccs1)N1CCCC1c1ccc[nH]1. The van der Waals surface area contributed by atoms with Crippen molar-refractivity contribution in [3.05, 3.63) is 35.6 Å². The Morgan fingerprint density at radius 2 is 2.55 bits per heavy atom. The largest absolute Gasteiger partial charge is 0.363 e. The Hall–Kier alpha value is -1.47. The van der Waals surface area contributed by atoms with Gasteiger partial charge < -0.3 is 15.2 Å². The molecule has 0 aromatic carbocycles. The van der Waals surface area contributed by atoms with Crippen molar-refractivity contribution in [1.82, 2.24) is 20.2 Å². The number of hydrogen-bond donors (Lipinski definition) is 2. The molecule has 3 heterocycles. The maximum Gasteiger partial charge on any atom is 0.317 e. The molecule has 2 aromatic heterocycles. The Bertz CT molecular complexity index is 570. The van der Waals surface area contributed by atoms with Gasteiger partial charge >= 0.3 is 6.03 Å². The highest BCUT2D eigenvalue weighted by atomic mass is 32.2. The Balaban J connectivity index is 1.40. The molecule has 1 aliphatic heterocycles. The molecule has 0 bridgehead atoms. The average Bonchev–Trinajstić information content (AvgIpc) is 3.26. The van der Waals surface area contributed by atoms with Crippen LogP contribution in [0.3, 0.4) is 0 Å². The van der Waals surface area contributed by atoms with Crippen molar-refractivity contribution in [2.75, 3.05) is 18.8 Å². The summed E-state index contributed by atoms with van der Waals surface area (Å²) in [5, 5.41) is 5.02. The van der Waals surface area contributed by atoms with E-state index in [1.165, 1.54) is 0 Å². The molecular formula is C15H20N4OS2. The number of likely N-dealkylation sites (tertiary alicyclic amines) is 1. The van der Waals surface area contributed by atoms with E-state index in [9.17, 15) is 4.79 Å². The molecule has 0 aliphatic carbocycles. The molecule has 22 heavy (non-hydrogen) atoms. The van der Waals surface area contributed by atoms with Crippen LogP contribution in [0.1, 0.15) is 31.0 Å². The number of nitrogens with one attached hydrogen (secondary N) is 2. The molecule has 2 amide bonds. The zero-order valence-electron chi connectivity index (χ0n) is 12.3. The van der Waals surface area contributed by atoms with Gasteiger partial charge in [0.2, 0.25) is 0 Å². The lowest BCUT2D eigenvalue weighted by molar-refractivity contribution is 0.192. The Morgan fingerprint density at radius 3 is 3.32 bits per heavy atom. The highest BCUT2D eigenvalue weighted by Crippen LogP contribution is 2.30. The van der Waals surface area contributed by atoms with Crippen LogP contribution in [0, 0.1) is 0 Å². The maximum atomic E-state index is 12.3. The Labute approximate surface area is 138 Å².